The van der Waals surface area contributed by atoms with Gasteiger partial charge in [-0.15, -0.1) is 0 Å². The van der Waals surface area contributed by atoms with E-state index in [1.165, 1.54) is 0 Å². The number of nitrogens with one attached hydrogen (secondary N) is 1. The van der Waals surface area contributed by atoms with Gasteiger partial charge < -0.3 is 4.90 Å². The minimum atomic E-state index is -0.878. The Kier molecular flexibility index (Phi) is 5.34. The Morgan fingerprint density at radius 1 is 1.22 bits per heavy atom. The standard InChI is InChI=1S/C13H26N2O2S/c1-8(2)11-13(16)15(10(5)7-18(6)17)12(14-11)9(3)4/h8-12,14H,7H2,1-6H3. The molecule has 106 valence electrons. The van der Waals surface area contributed by atoms with Crippen LogP contribution in [0.5, 0.6) is 0 Å². The van der Waals surface area contributed by atoms with Crippen LogP contribution in [-0.2, 0) is 15.6 Å². The Hall–Kier alpha value is -0.420. The number of hydrogen-bond acceptors (Lipinski definition) is 3. The molecular formula is C13H26N2O2S. The quantitative estimate of drug-likeness (QED) is 0.819. The molecule has 1 saturated heterocycles. The van der Waals surface area contributed by atoms with Crippen molar-refractivity contribution in [3.63, 3.8) is 0 Å². The van der Waals surface area contributed by atoms with E-state index in [2.05, 4.69) is 33.0 Å². The highest BCUT2D eigenvalue weighted by Gasteiger charge is 2.43. The summed E-state index contributed by atoms with van der Waals surface area (Å²) in [5.41, 5.74) is 0. The second kappa shape index (κ2) is 6.15. The van der Waals surface area contributed by atoms with E-state index in [1.807, 2.05) is 11.8 Å². The first kappa shape index (κ1) is 15.6. The summed E-state index contributed by atoms with van der Waals surface area (Å²) in [5.74, 6) is 1.33. The third-order valence-corrected chi connectivity index (χ3v) is 4.37. The summed E-state index contributed by atoms with van der Waals surface area (Å²) in [6, 6.07) is -0.0860. The Bertz CT molecular complexity index is 331. The summed E-state index contributed by atoms with van der Waals surface area (Å²) >= 11 is 0. The van der Waals surface area contributed by atoms with Crippen molar-refractivity contribution in [3.05, 3.63) is 0 Å². The molecule has 1 amide bonds. The van der Waals surface area contributed by atoms with E-state index in [0.29, 0.717) is 11.7 Å². The largest absolute Gasteiger partial charge is 0.322 e. The van der Waals surface area contributed by atoms with Gasteiger partial charge in [-0.2, -0.15) is 0 Å². The summed E-state index contributed by atoms with van der Waals surface area (Å²) < 4.78 is 11.4. The molecule has 1 rings (SSSR count). The molecule has 1 heterocycles. The zero-order valence-corrected chi connectivity index (χ0v) is 13.1. The van der Waals surface area contributed by atoms with Gasteiger partial charge in [0.25, 0.3) is 0 Å². The number of rotatable bonds is 5. The first-order valence-electron chi connectivity index (χ1n) is 6.64. The first-order chi connectivity index (χ1) is 8.25. The van der Waals surface area contributed by atoms with Crippen molar-refractivity contribution >= 4 is 16.7 Å². The molecule has 18 heavy (non-hydrogen) atoms. The Balaban J connectivity index is 2.90. The van der Waals surface area contributed by atoms with Gasteiger partial charge in [0.2, 0.25) is 5.91 Å². The topological polar surface area (TPSA) is 49.4 Å². The average molecular weight is 274 g/mol. The van der Waals surface area contributed by atoms with Crippen molar-refractivity contribution in [2.45, 2.75) is 52.9 Å². The molecule has 0 aromatic rings. The lowest BCUT2D eigenvalue weighted by molar-refractivity contribution is -0.132. The van der Waals surface area contributed by atoms with E-state index >= 15 is 0 Å². The third-order valence-electron chi connectivity index (χ3n) is 3.42. The molecule has 1 N–H and O–H groups in total. The predicted molar refractivity (Wildman–Crippen MR) is 75.6 cm³/mol. The predicted octanol–water partition coefficient (Wildman–Crippen LogP) is 1.19. The van der Waals surface area contributed by atoms with Crippen molar-refractivity contribution in [1.82, 2.24) is 10.2 Å². The van der Waals surface area contributed by atoms with Crippen molar-refractivity contribution < 1.29 is 9.00 Å². The maximum Gasteiger partial charge on any atom is 0.241 e. The molecule has 5 heteroatoms. The van der Waals surface area contributed by atoms with E-state index in [9.17, 15) is 9.00 Å². The van der Waals surface area contributed by atoms with Gasteiger partial charge in [-0.05, 0) is 18.8 Å². The average Bonchev–Trinajstić information content (AvgIpc) is 2.54. The smallest absolute Gasteiger partial charge is 0.241 e. The second-order valence-corrected chi connectivity index (χ2v) is 7.39. The molecule has 0 saturated carbocycles. The summed E-state index contributed by atoms with van der Waals surface area (Å²) in [7, 11) is -0.878. The van der Waals surface area contributed by atoms with Crippen molar-refractivity contribution in [1.29, 1.82) is 0 Å². The van der Waals surface area contributed by atoms with E-state index in [1.54, 1.807) is 6.26 Å². The molecular weight excluding hydrogens is 248 g/mol. The lowest BCUT2D eigenvalue weighted by Gasteiger charge is -2.32. The van der Waals surface area contributed by atoms with Crippen LogP contribution < -0.4 is 5.32 Å². The Morgan fingerprint density at radius 3 is 2.17 bits per heavy atom. The van der Waals surface area contributed by atoms with Crippen LogP contribution in [0.15, 0.2) is 0 Å². The highest BCUT2D eigenvalue weighted by molar-refractivity contribution is 7.84. The van der Waals surface area contributed by atoms with Gasteiger partial charge in [-0.3, -0.25) is 14.3 Å². The maximum atomic E-state index is 12.4. The molecule has 0 spiro atoms. The molecule has 1 aliphatic rings. The van der Waals surface area contributed by atoms with Crippen LogP contribution in [0.4, 0.5) is 0 Å². The zero-order valence-electron chi connectivity index (χ0n) is 12.3. The Labute approximate surface area is 113 Å². The van der Waals surface area contributed by atoms with Crippen LogP contribution in [0.3, 0.4) is 0 Å². The van der Waals surface area contributed by atoms with E-state index in [0.717, 1.165) is 0 Å². The molecule has 0 aromatic carbocycles. The van der Waals surface area contributed by atoms with Gasteiger partial charge in [0, 0.05) is 28.9 Å². The minimum Gasteiger partial charge on any atom is -0.322 e. The molecule has 4 atom stereocenters. The van der Waals surface area contributed by atoms with E-state index in [4.69, 9.17) is 0 Å². The highest BCUT2D eigenvalue weighted by Crippen LogP contribution is 2.24. The number of amides is 1. The number of carbonyl (C=O) groups is 1. The van der Waals surface area contributed by atoms with E-state index in [-0.39, 0.29) is 30.1 Å². The van der Waals surface area contributed by atoms with Crippen molar-refractivity contribution in [2.75, 3.05) is 12.0 Å². The second-order valence-electron chi connectivity index (χ2n) is 5.91. The number of nitrogens with zero attached hydrogens (tertiary/aromatic N) is 1. The lowest BCUT2D eigenvalue weighted by Crippen LogP contribution is -2.48. The molecule has 0 aromatic heterocycles. The lowest BCUT2D eigenvalue weighted by atomic mass is 10.0. The fourth-order valence-corrected chi connectivity index (χ4v) is 3.38. The molecule has 1 aliphatic heterocycles. The molecule has 0 radical (unpaired) electrons. The van der Waals surface area contributed by atoms with Gasteiger partial charge in [-0.1, -0.05) is 27.7 Å². The van der Waals surface area contributed by atoms with Gasteiger partial charge in [0.05, 0.1) is 12.2 Å². The first-order valence-corrected chi connectivity index (χ1v) is 8.36. The fraction of sp³-hybridized carbons (Fsp3) is 0.923. The molecule has 0 bridgehead atoms. The van der Waals surface area contributed by atoms with Crippen LogP contribution in [0, 0.1) is 11.8 Å². The minimum absolute atomic E-state index is 0.0204. The highest BCUT2D eigenvalue weighted by atomic mass is 32.2. The monoisotopic (exact) mass is 274 g/mol. The molecule has 4 nitrogen and oxygen atoms in total. The third kappa shape index (κ3) is 3.32. The number of hydrogen-bond donors (Lipinski definition) is 1. The van der Waals surface area contributed by atoms with E-state index < -0.39 is 10.8 Å². The van der Waals surface area contributed by atoms with Crippen LogP contribution in [0.2, 0.25) is 0 Å². The Morgan fingerprint density at radius 2 is 1.78 bits per heavy atom. The number of carbonyl (C=O) groups excluding carboxylic acids is 1. The van der Waals surface area contributed by atoms with Crippen LogP contribution in [0.25, 0.3) is 0 Å². The fourth-order valence-electron chi connectivity index (χ4n) is 2.54. The van der Waals surface area contributed by atoms with Crippen LogP contribution in [-0.4, -0.2) is 45.3 Å². The summed E-state index contributed by atoms with van der Waals surface area (Å²) in [5, 5.41) is 3.42. The van der Waals surface area contributed by atoms with Crippen LogP contribution in [0.1, 0.15) is 34.6 Å². The maximum absolute atomic E-state index is 12.4. The zero-order chi connectivity index (χ0) is 14.0. The summed E-state index contributed by atoms with van der Waals surface area (Å²) in [4.78, 5) is 14.3. The normalized spacial score (nSPS) is 28.2. The van der Waals surface area contributed by atoms with Gasteiger partial charge in [0.15, 0.2) is 0 Å². The molecule has 1 fully saturated rings. The summed E-state index contributed by atoms with van der Waals surface area (Å²) in [6.45, 7) is 10.3. The van der Waals surface area contributed by atoms with Gasteiger partial charge >= 0.3 is 0 Å². The molecule has 0 aliphatic carbocycles. The van der Waals surface area contributed by atoms with Crippen molar-refractivity contribution in [2.24, 2.45) is 11.8 Å². The van der Waals surface area contributed by atoms with Gasteiger partial charge in [0.1, 0.15) is 0 Å². The van der Waals surface area contributed by atoms with Gasteiger partial charge in [-0.25, -0.2) is 0 Å². The molecule has 4 unspecified atom stereocenters. The van der Waals surface area contributed by atoms with Crippen LogP contribution >= 0.6 is 0 Å². The van der Waals surface area contributed by atoms with Crippen molar-refractivity contribution in [3.8, 4) is 0 Å². The summed E-state index contributed by atoms with van der Waals surface area (Å²) in [6.07, 6.45) is 1.75. The SMILES string of the molecule is CC(C)C1NC(C(C)C)N(C(C)CS(C)=O)C1=O.